The fourth-order valence-corrected chi connectivity index (χ4v) is 4.25. The molecule has 0 spiro atoms. The van der Waals surface area contributed by atoms with Crippen LogP contribution >= 0.6 is 11.8 Å². The minimum absolute atomic E-state index is 0.122. The van der Waals surface area contributed by atoms with Crippen LogP contribution in [0.2, 0.25) is 0 Å². The smallest absolute Gasteiger partial charge is 0.267 e. The molecule has 6 nitrogen and oxygen atoms in total. The van der Waals surface area contributed by atoms with E-state index in [2.05, 4.69) is 10.2 Å². The molecule has 0 saturated carbocycles. The van der Waals surface area contributed by atoms with Gasteiger partial charge in [0.1, 0.15) is 5.76 Å². The van der Waals surface area contributed by atoms with Crippen LogP contribution in [0.15, 0.2) is 98.1 Å². The van der Waals surface area contributed by atoms with Crippen molar-refractivity contribution in [2.24, 2.45) is 10.2 Å². The predicted molar refractivity (Wildman–Crippen MR) is 142 cm³/mol. The van der Waals surface area contributed by atoms with Crippen molar-refractivity contribution < 1.29 is 9.21 Å². The van der Waals surface area contributed by atoms with Gasteiger partial charge in [0, 0.05) is 19.8 Å². The average molecular weight is 471 g/mol. The number of amidine groups is 1. The lowest BCUT2D eigenvalue weighted by Gasteiger charge is -2.12. The highest BCUT2D eigenvalue weighted by Crippen LogP contribution is 2.34. The van der Waals surface area contributed by atoms with Crippen molar-refractivity contribution in [3.05, 3.63) is 100 Å². The third-order valence-electron chi connectivity index (χ3n) is 5.09. The van der Waals surface area contributed by atoms with Gasteiger partial charge in [-0.2, -0.15) is 5.10 Å². The standard InChI is InChI=1S/C27H26N4O2S/c1-20(16-21-8-5-4-6-9-21)18-28-29-27-31(19-24-10-7-15-33-24)26(32)25(34-27)17-22-11-13-23(14-12-22)30(2)3/h4-18H,19H2,1-3H3/b20-16+,25-17-,28-18-,29-27+. The normalized spacial score (nSPS) is 16.9. The summed E-state index contributed by atoms with van der Waals surface area (Å²) in [5.74, 6) is 0.561. The molecule has 1 amide bonds. The molecule has 0 aliphatic carbocycles. The molecule has 1 aliphatic heterocycles. The van der Waals surface area contributed by atoms with Crippen LogP contribution in [-0.4, -0.2) is 36.3 Å². The average Bonchev–Trinajstić information content (AvgIpc) is 3.44. The second-order valence-electron chi connectivity index (χ2n) is 7.99. The van der Waals surface area contributed by atoms with E-state index in [-0.39, 0.29) is 5.91 Å². The number of allylic oxidation sites excluding steroid dienone is 1. The molecule has 0 atom stereocenters. The van der Waals surface area contributed by atoms with Gasteiger partial charge in [-0.25, -0.2) is 0 Å². The maximum atomic E-state index is 13.2. The van der Waals surface area contributed by atoms with Crippen LogP contribution < -0.4 is 4.90 Å². The van der Waals surface area contributed by atoms with Crippen LogP contribution in [0.5, 0.6) is 0 Å². The molecule has 0 radical (unpaired) electrons. The van der Waals surface area contributed by atoms with E-state index in [1.807, 2.05) is 98.7 Å². The van der Waals surface area contributed by atoms with Gasteiger partial charge in [-0.3, -0.25) is 9.69 Å². The minimum Gasteiger partial charge on any atom is -0.467 e. The Morgan fingerprint density at radius 1 is 1.03 bits per heavy atom. The number of furan rings is 1. The Hall–Kier alpha value is -3.84. The number of carbonyl (C=O) groups excluding carboxylic acids is 1. The van der Waals surface area contributed by atoms with Gasteiger partial charge in [0.15, 0.2) is 5.17 Å². The number of benzene rings is 2. The Labute approximate surface area is 204 Å². The highest BCUT2D eigenvalue weighted by atomic mass is 32.2. The number of carbonyl (C=O) groups is 1. The van der Waals surface area contributed by atoms with Crippen LogP contribution in [0.3, 0.4) is 0 Å². The predicted octanol–water partition coefficient (Wildman–Crippen LogP) is 5.91. The fourth-order valence-electron chi connectivity index (χ4n) is 3.32. The van der Waals surface area contributed by atoms with Crippen LogP contribution in [0.25, 0.3) is 12.2 Å². The Balaban J connectivity index is 1.57. The van der Waals surface area contributed by atoms with Crippen LogP contribution in [0.4, 0.5) is 5.69 Å². The number of thioether (sulfide) groups is 1. The van der Waals surface area contributed by atoms with E-state index < -0.39 is 0 Å². The second-order valence-corrected chi connectivity index (χ2v) is 9.00. The first-order valence-electron chi connectivity index (χ1n) is 10.8. The number of nitrogens with zero attached hydrogens (tertiary/aromatic N) is 4. The van der Waals surface area contributed by atoms with Gasteiger partial charge in [0.25, 0.3) is 5.91 Å². The molecular formula is C27H26N4O2S. The van der Waals surface area contributed by atoms with E-state index in [4.69, 9.17) is 4.42 Å². The summed E-state index contributed by atoms with van der Waals surface area (Å²) in [6.07, 6.45) is 7.20. The Morgan fingerprint density at radius 2 is 1.79 bits per heavy atom. The molecule has 4 rings (SSSR count). The Bertz CT molecular complexity index is 1240. The van der Waals surface area contributed by atoms with Gasteiger partial charge in [-0.05, 0) is 65.7 Å². The summed E-state index contributed by atoms with van der Waals surface area (Å²) in [4.78, 5) is 17.4. The molecule has 172 valence electrons. The summed E-state index contributed by atoms with van der Waals surface area (Å²) in [5, 5.41) is 9.14. The first kappa shape index (κ1) is 23.3. The van der Waals surface area contributed by atoms with Gasteiger partial charge in [0.05, 0.1) is 23.9 Å². The lowest BCUT2D eigenvalue weighted by atomic mass is 10.1. The number of amides is 1. The Kier molecular flexibility index (Phi) is 7.44. The van der Waals surface area contributed by atoms with Crippen molar-refractivity contribution in [2.45, 2.75) is 13.5 Å². The molecule has 1 aromatic heterocycles. The molecule has 1 saturated heterocycles. The molecule has 2 heterocycles. The van der Waals surface area contributed by atoms with Crippen molar-refractivity contribution in [1.29, 1.82) is 0 Å². The second kappa shape index (κ2) is 10.9. The maximum Gasteiger partial charge on any atom is 0.267 e. The summed E-state index contributed by atoms with van der Waals surface area (Å²) >= 11 is 1.31. The first-order chi connectivity index (χ1) is 16.5. The highest BCUT2D eigenvalue weighted by Gasteiger charge is 2.34. The van der Waals surface area contributed by atoms with Crippen molar-refractivity contribution in [3.63, 3.8) is 0 Å². The summed E-state index contributed by atoms with van der Waals surface area (Å²) in [6.45, 7) is 2.26. The third-order valence-corrected chi connectivity index (χ3v) is 6.08. The molecule has 34 heavy (non-hydrogen) atoms. The van der Waals surface area contributed by atoms with Crippen molar-refractivity contribution in [2.75, 3.05) is 19.0 Å². The zero-order valence-electron chi connectivity index (χ0n) is 19.4. The number of hydrogen-bond acceptors (Lipinski definition) is 6. The van der Waals surface area contributed by atoms with E-state index in [9.17, 15) is 4.79 Å². The van der Waals surface area contributed by atoms with Crippen LogP contribution in [0.1, 0.15) is 23.8 Å². The van der Waals surface area contributed by atoms with E-state index in [0.29, 0.717) is 22.4 Å². The monoisotopic (exact) mass is 470 g/mol. The zero-order valence-corrected chi connectivity index (χ0v) is 20.2. The molecule has 0 unspecified atom stereocenters. The van der Waals surface area contributed by atoms with Crippen LogP contribution in [-0.2, 0) is 11.3 Å². The SMILES string of the molecule is CC(/C=N\N=C1\S/C(=C\c2ccc(N(C)C)cc2)C(=O)N1Cc1ccco1)=C\c1ccccc1. The molecule has 7 heteroatoms. The Morgan fingerprint density at radius 3 is 2.47 bits per heavy atom. The minimum atomic E-state index is -0.122. The summed E-state index contributed by atoms with van der Waals surface area (Å²) in [5.41, 5.74) is 4.10. The number of hydrogen-bond donors (Lipinski definition) is 0. The summed E-state index contributed by atoms with van der Waals surface area (Å²) in [6, 6.07) is 21.7. The van der Waals surface area contributed by atoms with Crippen molar-refractivity contribution >= 4 is 46.9 Å². The van der Waals surface area contributed by atoms with Gasteiger partial charge in [0.2, 0.25) is 0 Å². The molecule has 1 aliphatic rings. The number of rotatable bonds is 7. The van der Waals surface area contributed by atoms with Gasteiger partial charge < -0.3 is 9.32 Å². The number of anilines is 1. The molecule has 3 aromatic rings. The van der Waals surface area contributed by atoms with Gasteiger partial charge in [-0.15, -0.1) is 5.10 Å². The lowest BCUT2D eigenvalue weighted by Crippen LogP contribution is -2.28. The van der Waals surface area contributed by atoms with Crippen molar-refractivity contribution in [1.82, 2.24) is 4.90 Å². The van der Waals surface area contributed by atoms with Crippen molar-refractivity contribution in [3.8, 4) is 0 Å². The van der Waals surface area contributed by atoms with Crippen LogP contribution in [0, 0.1) is 0 Å². The quantitative estimate of drug-likeness (QED) is 0.245. The van der Waals surface area contributed by atoms with Gasteiger partial charge >= 0.3 is 0 Å². The molecular weight excluding hydrogens is 444 g/mol. The fraction of sp³-hybridized carbons (Fsp3) is 0.148. The van der Waals surface area contributed by atoms with E-state index in [0.717, 1.165) is 22.4 Å². The molecule has 2 aromatic carbocycles. The maximum absolute atomic E-state index is 13.2. The molecule has 0 N–H and O–H groups in total. The van der Waals surface area contributed by atoms with E-state index in [1.54, 1.807) is 23.4 Å². The highest BCUT2D eigenvalue weighted by molar-refractivity contribution is 8.18. The lowest BCUT2D eigenvalue weighted by molar-refractivity contribution is -0.122. The van der Waals surface area contributed by atoms with E-state index in [1.165, 1.54) is 11.8 Å². The van der Waals surface area contributed by atoms with E-state index >= 15 is 0 Å². The third kappa shape index (κ3) is 5.94. The first-order valence-corrected chi connectivity index (χ1v) is 11.7. The topological polar surface area (TPSA) is 61.4 Å². The molecule has 0 bridgehead atoms. The largest absolute Gasteiger partial charge is 0.467 e. The summed E-state index contributed by atoms with van der Waals surface area (Å²) < 4.78 is 5.46. The van der Waals surface area contributed by atoms with Gasteiger partial charge in [-0.1, -0.05) is 48.5 Å². The molecule has 1 fully saturated rings. The zero-order chi connectivity index (χ0) is 23.9. The summed E-state index contributed by atoms with van der Waals surface area (Å²) in [7, 11) is 3.99.